The summed E-state index contributed by atoms with van der Waals surface area (Å²) < 4.78 is -0.469. The molecule has 0 aliphatic carbocycles. The summed E-state index contributed by atoms with van der Waals surface area (Å²) in [6.45, 7) is 0. The monoisotopic (exact) mass is 586 g/mol. The van der Waals surface area contributed by atoms with E-state index in [9.17, 15) is 0 Å². The third kappa shape index (κ3) is 5.54. The molecule has 0 amide bonds. The van der Waals surface area contributed by atoms with Gasteiger partial charge in [-0.2, -0.15) is 0 Å². The maximum atomic E-state index is 8.00. The molecule has 4 aromatic rings. The van der Waals surface area contributed by atoms with Crippen molar-refractivity contribution in [3.8, 4) is 0 Å². The van der Waals surface area contributed by atoms with Crippen molar-refractivity contribution in [2.45, 2.75) is 15.7 Å². The predicted molar refractivity (Wildman–Crippen MR) is 142 cm³/mol. The van der Waals surface area contributed by atoms with Crippen molar-refractivity contribution in [1.82, 2.24) is 0 Å². The first-order chi connectivity index (χ1) is 15.7. The quantitative estimate of drug-likeness (QED) is 0.111. The van der Waals surface area contributed by atoms with Crippen LogP contribution in [-0.4, -0.2) is 4.36 Å². The Hall–Kier alpha value is -1.02. The van der Waals surface area contributed by atoms with Gasteiger partial charge in [-0.3, -0.25) is 0 Å². The van der Waals surface area contributed by atoms with E-state index >= 15 is 0 Å². The van der Waals surface area contributed by atoms with Crippen LogP contribution in [0.25, 0.3) is 0 Å². The van der Waals surface area contributed by atoms with Gasteiger partial charge in [-0.1, -0.05) is 0 Å². The van der Waals surface area contributed by atoms with Crippen molar-refractivity contribution in [3.63, 3.8) is 0 Å². The Balaban J connectivity index is 1.97. The van der Waals surface area contributed by atoms with E-state index in [0.717, 1.165) is 11.3 Å². The summed E-state index contributed by atoms with van der Waals surface area (Å²) in [7, 11) is 4.60. The van der Waals surface area contributed by atoms with E-state index in [4.69, 9.17) is 21.1 Å². The fourth-order valence-corrected chi connectivity index (χ4v) is 13.9. The molecule has 0 atom stereocenters. The van der Waals surface area contributed by atoms with Crippen LogP contribution in [0.3, 0.4) is 0 Å². The Bertz CT molecular complexity index is 918. The Morgan fingerprint density at radius 2 is 0.812 bits per heavy atom. The van der Waals surface area contributed by atoms with Gasteiger partial charge >= 0.3 is 212 Å². The normalized spacial score (nSPS) is 11.9. The maximum absolute atomic E-state index is 8.00. The van der Waals surface area contributed by atoms with Gasteiger partial charge in [0.25, 0.3) is 0 Å². The van der Waals surface area contributed by atoms with Crippen LogP contribution in [0.15, 0.2) is 121 Å². The average Bonchev–Trinajstić information content (AvgIpc) is 2.86. The molecule has 0 saturated carbocycles. The summed E-state index contributed by atoms with van der Waals surface area (Å²) in [4.78, 5) is 0.927. The number of hydrogen-bond acceptors (Lipinski definition) is 0. The molecule has 0 unspecified atom stereocenters. The number of halogens is 2. The van der Waals surface area contributed by atoms with Crippen molar-refractivity contribution in [2.24, 2.45) is 0 Å². The molecular weight excluding hydrogens is 564 g/mol. The summed E-state index contributed by atoms with van der Waals surface area (Å²) in [6.07, 6.45) is 0.872. The molecule has 0 fully saturated rings. The number of alkyl halides is 1. The van der Waals surface area contributed by atoms with Crippen LogP contribution in [0.1, 0.15) is 6.42 Å². The van der Waals surface area contributed by atoms with Gasteiger partial charge in [0.05, 0.1) is 0 Å². The van der Waals surface area contributed by atoms with Gasteiger partial charge in [0, 0.05) is 0 Å². The van der Waals surface area contributed by atoms with E-state index in [2.05, 4.69) is 121 Å². The zero-order valence-electron chi connectivity index (χ0n) is 17.4. The topological polar surface area (TPSA) is 0 Å². The van der Waals surface area contributed by atoms with Gasteiger partial charge < -0.3 is 0 Å². The molecule has 0 aliphatic rings. The number of hydrogen-bond donors (Lipinski definition) is 0. The Morgan fingerprint density at radius 1 is 0.531 bits per heavy atom. The molecule has 0 saturated heterocycles. The summed E-state index contributed by atoms with van der Waals surface area (Å²) >= 11 is 8.15. The van der Waals surface area contributed by atoms with Gasteiger partial charge in [-0.25, -0.2) is 0 Å². The first kappa shape index (κ1) is 24.1. The molecule has 0 radical (unpaired) electrons. The van der Waals surface area contributed by atoms with Gasteiger partial charge in [-0.05, 0) is 0 Å². The standard InChI is InChI=1S/C27H24ClP2.ClH.Pd/c1-2-27(28,29(23-15-7-3-8-16-23)24-17-9-4-10-18-24)30(25-19-11-5-12-20-25)26-21-13-6-14-22-26;;/h3-22H,1-2H2;1H;/q;;+1/p-1. The second-order valence-electron chi connectivity index (χ2n) is 7.22. The number of rotatable bonds is 9. The van der Waals surface area contributed by atoms with Crippen molar-refractivity contribution >= 4 is 58.2 Å². The summed E-state index contributed by atoms with van der Waals surface area (Å²) in [5.41, 5.74) is 0. The summed E-state index contributed by atoms with van der Waals surface area (Å²) in [5, 5.41) is 5.24. The SMILES string of the molecule is [Cl][Pd][CH2]CC(Cl)(P(c1ccccc1)c1ccccc1)P(c1ccccc1)c1ccccc1. The molecule has 5 heteroatoms. The van der Waals surface area contributed by atoms with Crippen LogP contribution in [0.2, 0.25) is 4.89 Å². The number of benzene rings is 4. The van der Waals surface area contributed by atoms with E-state index in [1.807, 2.05) is 0 Å². The van der Waals surface area contributed by atoms with E-state index < -0.39 is 20.2 Å². The first-order valence-corrected chi connectivity index (χ1v) is 16.5. The average molecular weight is 588 g/mol. The Morgan fingerprint density at radius 3 is 1.06 bits per heavy atom. The fraction of sp³-hybridized carbons (Fsp3) is 0.111. The molecule has 0 aromatic heterocycles. The van der Waals surface area contributed by atoms with Crippen LogP contribution in [0.5, 0.6) is 0 Å². The molecule has 0 bridgehead atoms. The van der Waals surface area contributed by atoms with Crippen molar-refractivity contribution in [3.05, 3.63) is 121 Å². The molecule has 0 heterocycles. The molecular formula is C27H24Cl2P2Pd. The second kappa shape index (κ2) is 11.9. The fourth-order valence-electron chi connectivity index (χ4n) is 3.85. The minimum atomic E-state index is -0.851. The van der Waals surface area contributed by atoms with Gasteiger partial charge in [0.15, 0.2) is 0 Å². The van der Waals surface area contributed by atoms with Gasteiger partial charge in [-0.15, -0.1) is 0 Å². The van der Waals surface area contributed by atoms with Crippen molar-refractivity contribution < 1.29 is 17.0 Å². The first-order valence-electron chi connectivity index (χ1n) is 10.4. The summed E-state index contributed by atoms with van der Waals surface area (Å²) in [6, 6.07) is 43.3. The van der Waals surface area contributed by atoms with E-state index in [0.29, 0.717) is 0 Å². The summed E-state index contributed by atoms with van der Waals surface area (Å²) in [5.74, 6) is 0. The molecule has 166 valence electrons. The molecule has 32 heavy (non-hydrogen) atoms. The molecule has 0 spiro atoms. The molecule has 0 aliphatic heterocycles. The van der Waals surface area contributed by atoms with Crippen LogP contribution in [0.4, 0.5) is 0 Å². The minimum absolute atomic E-state index is 0.157. The van der Waals surface area contributed by atoms with Crippen molar-refractivity contribution in [1.29, 1.82) is 0 Å². The van der Waals surface area contributed by atoms with Crippen LogP contribution in [-0.2, 0) is 17.0 Å². The van der Waals surface area contributed by atoms with Gasteiger partial charge in [0.2, 0.25) is 0 Å². The zero-order chi connectivity index (χ0) is 22.2. The molecule has 0 N–H and O–H groups in total. The van der Waals surface area contributed by atoms with Crippen molar-refractivity contribution in [2.75, 3.05) is 0 Å². The van der Waals surface area contributed by atoms with Crippen LogP contribution >= 0.6 is 37.0 Å². The van der Waals surface area contributed by atoms with Crippen LogP contribution < -0.4 is 21.2 Å². The van der Waals surface area contributed by atoms with E-state index in [1.54, 1.807) is 0 Å². The Labute approximate surface area is 211 Å². The second-order valence-corrected chi connectivity index (χ2v) is 15.9. The van der Waals surface area contributed by atoms with E-state index in [-0.39, 0.29) is 17.0 Å². The van der Waals surface area contributed by atoms with Crippen LogP contribution in [0, 0.1) is 0 Å². The predicted octanol–water partition coefficient (Wildman–Crippen LogP) is 7.19. The zero-order valence-corrected chi connectivity index (χ0v) is 22.3. The van der Waals surface area contributed by atoms with E-state index in [1.165, 1.54) is 21.2 Å². The Kier molecular flexibility index (Phi) is 8.98. The molecule has 4 aromatic carbocycles. The molecule has 0 nitrogen and oxygen atoms in total. The van der Waals surface area contributed by atoms with Gasteiger partial charge in [0.1, 0.15) is 0 Å². The molecule has 4 rings (SSSR count). The third-order valence-corrected chi connectivity index (χ3v) is 14.1. The third-order valence-electron chi connectivity index (χ3n) is 5.20.